The van der Waals surface area contributed by atoms with Gasteiger partial charge in [-0.05, 0) is 24.7 Å². The van der Waals surface area contributed by atoms with Crippen molar-refractivity contribution in [2.24, 2.45) is 0 Å². The van der Waals surface area contributed by atoms with Gasteiger partial charge in [0, 0.05) is 37.7 Å². The molecule has 1 atom stereocenters. The smallest absolute Gasteiger partial charge is 0.0928 e. The van der Waals surface area contributed by atoms with E-state index in [9.17, 15) is 5.11 Å². The second-order valence-corrected chi connectivity index (χ2v) is 5.16. The van der Waals surface area contributed by atoms with Gasteiger partial charge in [-0.25, -0.2) is 5.01 Å². The highest BCUT2D eigenvalue weighted by atomic mass is 35.5. The molecule has 1 aliphatic heterocycles. The molecule has 1 saturated heterocycles. The number of benzene rings is 1. The van der Waals surface area contributed by atoms with Gasteiger partial charge in [0.25, 0.3) is 0 Å². The molecule has 2 rings (SSSR count). The zero-order valence-corrected chi connectivity index (χ0v) is 11.4. The van der Waals surface area contributed by atoms with Crippen molar-refractivity contribution in [3.63, 3.8) is 0 Å². The zero-order valence-electron chi connectivity index (χ0n) is 10.6. The van der Waals surface area contributed by atoms with Crippen LogP contribution >= 0.6 is 11.6 Å². The van der Waals surface area contributed by atoms with E-state index in [1.54, 1.807) is 12.1 Å². The number of halogens is 1. The van der Waals surface area contributed by atoms with Crippen LogP contribution in [-0.2, 0) is 0 Å². The minimum atomic E-state index is -0.498. The lowest BCUT2D eigenvalue weighted by atomic mass is 10.1. The van der Waals surface area contributed by atoms with E-state index in [2.05, 4.69) is 22.4 Å². The molecule has 1 heterocycles. The first-order chi connectivity index (χ1) is 8.65. The maximum absolute atomic E-state index is 10.1. The highest BCUT2D eigenvalue weighted by Gasteiger charge is 2.15. The summed E-state index contributed by atoms with van der Waals surface area (Å²) >= 11 is 5.82. The van der Waals surface area contributed by atoms with Crippen LogP contribution in [0.25, 0.3) is 0 Å². The molecule has 0 spiro atoms. The van der Waals surface area contributed by atoms with Crippen LogP contribution in [0, 0.1) is 0 Å². The first-order valence-corrected chi connectivity index (χ1v) is 6.63. The monoisotopic (exact) mass is 269 g/mol. The van der Waals surface area contributed by atoms with Crippen LogP contribution in [-0.4, -0.2) is 54.8 Å². The lowest BCUT2D eigenvalue weighted by Gasteiger charge is -2.33. The van der Waals surface area contributed by atoms with Crippen molar-refractivity contribution in [1.29, 1.82) is 0 Å². The predicted molar refractivity (Wildman–Crippen MR) is 73.5 cm³/mol. The van der Waals surface area contributed by atoms with Crippen LogP contribution in [0.3, 0.4) is 0 Å². The number of aliphatic hydroxyl groups is 1. The molecular weight excluding hydrogens is 250 g/mol. The first kappa shape index (κ1) is 13.8. The van der Waals surface area contributed by atoms with Crippen LogP contribution in [0.15, 0.2) is 24.3 Å². The van der Waals surface area contributed by atoms with Gasteiger partial charge in [-0.3, -0.25) is 5.43 Å². The largest absolute Gasteiger partial charge is 0.387 e. The number of nitrogens with zero attached hydrogens (tertiary/aromatic N) is 2. The molecule has 0 bridgehead atoms. The average molecular weight is 270 g/mol. The van der Waals surface area contributed by atoms with Crippen molar-refractivity contribution in [3.05, 3.63) is 34.9 Å². The Bertz CT molecular complexity index is 363. The van der Waals surface area contributed by atoms with Crippen molar-refractivity contribution in [2.45, 2.75) is 6.10 Å². The van der Waals surface area contributed by atoms with E-state index in [1.807, 2.05) is 12.1 Å². The van der Waals surface area contributed by atoms with Crippen LogP contribution in [0.2, 0.25) is 5.02 Å². The van der Waals surface area contributed by atoms with E-state index in [1.165, 1.54) is 0 Å². The Hall–Kier alpha value is -0.650. The fourth-order valence-corrected chi connectivity index (χ4v) is 2.11. The molecule has 0 saturated carbocycles. The predicted octanol–water partition coefficient (Wildman–Crippen LogP) is 1.13. The van der Waals surface area contributed by atoms with Gasteiger partial charge in [-0.1, -0.05) is 23.7 Å². The molecule has 1 aromatic carbocycles. The SMILES string of the molecule is CN1CCN(NCC(O)c2ccc(Cl)cc2)CC1. The Morgan fingerprint density at radius 2 is 1.83 bits per heavy atom. The van der Waals surface area contributed by atoms with Crippen LogP contribution in [0.5, 0.6) is 0 Å². The molecular formula is C13H20ClN3O. The fraction of sp³-hybridized carbons (Fsp3) is 0.538. The first-order valence-electron chi connectivity index (χ1n) is 6.25. The molecule has 1 aliphatic rings. The van der Waals surface area contributed by atoms with Crippen LogP contribution < -0.4 is 5.43 Å². The lowest BCUT2D eigenvalue weighted by Crippen LogP contribution is -2.51. The van der Waals surface area contributed by atoms with Gasteiger partial charge in [0.1, 0.15) is 0 Å². The molecule has 1 fully saturated rings. The third-order valence-corrected chi connectivity index (χ3v) is 3.52. The molecule has 1 unspecified atom stereocenters. The van der Waals surface area contributed by atoms with Gasteiger partial charge in [0.15, 0.2) is 0 Å². The molecule has 2 N–H and O–H groups in total. The Morgan fingerprint density at radius 3 is 2.44 bits per heavy atom. The zero-order chi connectivity index (χ0) is 13.0. The van der Waals surface area contributed by atoms with Gasteiger partial charge in [-0.2, -0.15) is 0 Å². The number of hydrazine groups is 1. The molecule has 4 nitrogen and oxygen atoms in total. The number of hydrogen-bond donors (Lipinski definition) is 2. The van der Waals surface area contributed by atoms with Gasteiger partial charge in [0.2, 0.25) is 0 Å². The highest BCUT2D eigenvalue weighted by Crippen LogP contribution is 2.15. The second kappa shape index (κ2) is 6.50. The summed E-state index contributed by atoms with van der Waals surface area (Å²) in [7, 11) is 2.12. The summed E-state index contributed by atoms with van der Waals surface area (Å²) in [6, 6.07) is 7.32. The quantitative estimate of drug-likeness (QED) is 0.860. The molecule has 1 aromatic rings. The number of likely N-dealkylation sites (N-methyl/N-ethyl adjacent to an activating group) is 1. The summed E-state index contributed by atoms with van der Waals surface area (Å²) < 4.78 is 0. The second-order valence-electron chi connectivity index (χ2n) is 4.72. The average Bonchev–Trinajstić information content (AvgIpc) is 2.38. The number of piperazine rings is 1. The molecule has 0 radical (unpaired) electrons. The van der Waals surface area contributed by atoms with E-state index in [0.29, 0.717) is 11.6 Å². The minimum absolute atomic E-state index is 0.498. The van der Waals surface area contributed by atoms with E-state index < -0.39 is 6.10 Å². The third kappa shape index (κ3) is 3.93. The summed E-state index contributed by atoms with van der Waals surface area (Å²) in [5, 5.41) is 12.9. The Labute approximate surface area is 113 Å². The number of rotatable bonds is 4. The van der Waals surface area contributed by atoms with Gasteiger partial charge in [0.05, 0.1) is 6.10 Å². The molecule has 18 heavy (non-hydrogen) atoms. The minimum Gasteiger partial charge on any atom is -0.387 e. The van der Waals surface area contributed by atoms with Crippen molar-refractivity contribution >= 4 is 11.6 Å². The van der Waals surface area contributed by atoms with E-state index >= 15 is 0 Å². The third-order valence-electron chi connectivity index (χ3n) is 3.27. The summed E-state index contributed by atoms with van der Waals surface area (Å²) in [6.07, 6.45) is -0.498. The van der Waals surface area contributed by atoms with Crippen molar-refractivity contribution in [1.82, 2.24) is 15.3 Å². The number of aliphatic hydroxyl groups excluding tert-OH is 1. The lowest BCUT2D eigenvalue weighted by molar-refractivity contribution is 0.0744. The standard InChI is InChI=1S/C13H20ClN3O/c1-16-6-8-17(9-7-16)15-10-13(18)11-2-4-12(14)5-3-11/h2-5,13,15,18H,6-10H2,1H3. The van der Waals surface area contributed by atoms with Gasteiger partial charge in [-0.15, -0.1) is 0 Å². The summed E-state index contributed by atoms with van der Waals surface area (Å²) in [4.78, 5) is 2.30. The van der Waals surface area contributed by atoms with Crippen LogP contribution in [0.1, 0.15) is 11.7 Å². The molecule has 0 amide bonds. The molecule has 0 aromatic heterocycles. The Kier molecular flexibility index (Phi) is 4.97. The van der Waals surface area contributed by atoms with Gasteiger partial charge >= 0.3 is 0 Å². The molecule has 100 valence electrons. The summed E-state index contributed by atoms with van der Waals surface area (Å²) in [6.45, 7) is 4.63. The number of nitrogens with one attached hydrogen (secondary N) is 1. The topological polar surface area (TPSA) is 38.7 Å². The maximum atomic E-state index is 10.1. The maximum Gasteiger partial charge on any atom is 0.0928 e. The van der Waals surface area contributed by atoms with Crippen LogP contribution in [0.4, 0.5) is 0 Å². The highest BCUT2D eigenvalue weighted by molar-refractivity contribution is 6.30. The fourth-order valence-electron chi connectivity index (χ4n) is 1.98. The van der Waals surface area contributed by atoms with E-state index in [-0.39, 0.29) is 0 Å². The van der Waals surface area contributed by atoms with E-state index in [0.717, 1.165) is 31.7 Å². The molecule has 0 aliphatic carbocycles. The molecule has 5 heteroatoms. The van der Waals surface area contributed by atoms with Crippen molar-refractivity contribution in [2.75, 3.05) is 39.8 Å². The number of hydrogen-bond acceptors (Lipinski definition) is 4. The van der Waals surface area contributed by atoms with E-state index in [4.69, 9.17) is 11.6 Å². The Balaban J connectivity index is 1.77. The summed E-state index contributed by atoms with van der Waals surface area (Å²) in [5.41, 5.74) is 4.17. The summed E-state index contributed by atoms with van der Waals surface area (Å²) in [5.74, 6) is 0. The Morgan fingerprint density at radius 1 is 1.22 bits per heavy atom. The normalized spacial score (nSPS) is 19.9. The van der Waals surface area contributed by atoms with Crippen molar-refractivity contribution < 1.29 is 5.11 Å². The van der Waals surface area contributed by atoms with Crippen molar-refractivity contribution in [3.8, 4) is 0 Å². The van der Waals surface area contributed by atoms with Gasteiger partial charge < -0.3 is 10.0 Å².